The zero-order valence-corrected chi connectivity index (χ0v) is 19.1. The van der Waals surface area contributed by atoms with Gasteiger partial charge in [-0.1, -0.05) is 48.5 Å². The van der Waals surface area contributed by atoms with Crippen LogP contribution < -0.4 is 15.8 Å². The monoisotopic (exact) mass is 458 g/mol. The third kappa shape index (κ3) is 4.68. The highest BCUT2D eigenvalue weighted by molar-refractivity contribution is 7.09. The van der Waals surface area contributed by atoms with E-state index in [1.807, 2.05) is 77.0 Å². The smallest absolute Gasteiger partial charge is 0.294 e. The molecule has 0 radical (unpaired) electrons. The van der Waals surface area contributed by atoms with Gasteiger partial charge < -0.3 is 10.2 Å². The lowest BCUT2D eigenvalue weighted by atomic mass is 9.97. The largest absolute Gasteiger partial charge is 0.351 e. The lowest BCUT2D eigenvalue weighted by Gasteiger charge is -2.32. The highest BCUT2D eigenvalue weighted by Gasteiger charge is 2.28. The fourth-order valence-corrected chi connectivity index (χ4v) is 5.07. The molecule has 1 aliphatic rings. The first-order chi connectivity index (χ1) is 16.2. The molecule has 1 saturated heterocycles. The molecule has 0 bridgehead atoms. The zero-order valence-electron chi connectivity index (χ0n) is 18.3. The number of hydrogen-bond acceptors (Lipinski definition) is 5. The lowest BCUT2D eigenvalue weighted by Crippen LogP contribution is -2.45. The number of para-hydroxylation sites is 2. The van der Waals surface area contributed by atoms with Gasteiger partial charge in [-0.05, 0) is 42.0 Å². The molecule has 0 aliphatic carbocycles. The quantitative estimate of drug-likeness (QED) is 0.474. The van der Waals surface area contributed by atoms with E-state index in [1.165, 1.54) is 0 Å². The zero-order chi connectivity index (χ0) is 22.6. The SMILES string of the molecule is O=C(NCc1cccs1)C1CCCN(c2nc3ccccc3n(Cc3ccccc3)c2=O)C1. The number of rotatable bonds is 6. The molecule has 5 rings (SSSR count). The molecule has 3 heterocycles. The normalized spacial score (nSPS) is 16.1. The van der Waals surface area contributed by atoms with Crippen LogP contribution in [0.2, 0.25) is 0 Å². The van der Waals surface area contributed by atoms with Gasteiger partial charge in [0, 0.05) is 18.0 Å². The number of carbonyl (C=O) groups excluding carboxylic acids is 1. The van der Waals surface area contributed by atoms with Crippen LogP contribution in [0.25, 0.3) is 11.0 Å². The molecule has 1 amide bonds. The van der Waals surface area contributed by atoms with Gasteiger partial charge in [0.25, 0.3) is 5.56 Å². The van der Waals surface area contributed by atoms with E-state index >= 15 is 0 Å². The fraction of sp³-hybridized carbons (Fsp3) is 0.269. The fourth-order valence-electron chi connectivity index (χ4n) is 4.42. The number of carbonyl (C=O) groups is 1. The van der Waals surface area contributed by atoms with Crippen molar-refractivity contribution in [3.05, 3.63) is 92.9 Å². The van der Waals surface area contributed by atoms with Gasteiger partial charge in [-0.25, -0.2) is 4.98 Å². The van der Waals surface area contributed by atoms with Crippen molar-refractivity contribution in [2.45, 2.75) is 25.9 Å². The van der Waals surface area contributed by atoms with E-state index in [0.29, 0.717) is 25.5 Å². The summed E-state index contributed by atoms with van der Waals surface area (Å²) in [5, 5.41) is 5.07. The molecule has 1 fully saturated rings. The Bertz CT molecular complexity index is 1300. The van der Waals surface area contributed by atoms with Crippen molar-refractivity contribution < 1.29 is 4.79 Å². The third-order valence-electron chi connectivity index (χ3n) is 6.13. The molecule has 0 saturated carbocycles. The molecule has 1 unspecified atom stereocenters. The minimum Gasteiger partial charge on any atom is -0.351 e. The molecule has 2 aromatic heterocycles. The predicted molar refractivity (Wildman–Crippen MR) is 133 cm³/mol. The van der Waals surface area contributed by atoms with Crippen molar-refractivity contribution in [2.75, 3.05) is 18.0 Å². The van der Waals surface area contributed by atoms with Crippen molar-refractivity contribution in [1.82, 2.24) is 14.9 Å². The van der Waals surface area contributed by atoms with Crippen LogP contribution in [0.15, 0.2) is 76.9 Å². The van der Waals surface area contributed by atoms with Crippen molar-refractivity contribution in [3.8, 4) is 0 Å². The van der Waals surface area contributed by atoms with E-state index in [0.717, 1.165) is 40.9 Å². The number of fused-ring (bicyclic) bond motifs is 1. The Labute approximate surface area is 196 Å². The average Bonchev–Trinajstić information content (AvgIpc) is 3.38. The topological polar surface area (TPSA) is 67.2 Å². The Morgan fingerprint density at radius 3 is 2.70 bits per heavy atom. The molecule has 0 spiro atoms. The van der Waals surface area contributed by atoms with Crippen LogP contribution in [-0.4, -0.2) is 28.5 Å². The summed E-state index contributed by atoms with van der Waals surface area (Å²) in [4.78, 5) is 34.3. The van der Waals surface area contributed by atoms with E-state index in [2.05, 4.69) is 5.32 Å². The Morgan fingerprint density at radius 1 is 1.06 bits per heavy atom. The van der Waals surface area contributed by atoms with Crippen molar-refractivity contribution in [2.24, 2.45) is 5.92 Å². The number of anilines is 1. The van der Waals surface area contributed by atoms with Gasteiger partial charge in [0.2, 0.25) is 5.91 Å². The predicted octanol–water partition coefficient (Wildman–Crippen LogP) is 4.04. The second-order valence-corrected chi connectivity index (χ2v) is 9.42. The summed E-state index contributed by atoms with van der Waals surface area (Å²) >= 11 is 1.64. The van der Waals surface area contributed by atoms with Gasteiger partial charge in [0.1, 0.15) is 0 Å². The number of aromatic nitrogens is 2. The molecule has 33 heavy (non-hydrogen) atoms. The minimum atomic E-state index is -0.158. The maximum absolute atomic E-state index is 13.6. The molecular formula is C26H26N4O2S. The second kappa shape index (κ2) is 9.58. The van der Waals surface area contributed by atoms with Crippen LogP contribution >= 0.6 is 11.3 Å². The second-order valence-electron chi connectivity index (χ2n) is 8.38. The minimum absolute atomic E-state index is 0.0403. The van der Waals surface area contributed by atoms with Crippen LogP contribution in [0.1, 0.15) is 23.3 Å². The number of piperidine rings is 1. The maximum Gasteiger partial charge on any atom is 0.294 e. The lowest BCUT2D eigenvalue weighted by molar-refractivity contribution is -0.125. The van der Waals surface area contributed by atoms with Crippen molar-refractivity contribution >= 4 is 34.1 Å². The standard InChI is InChI=1S/C26H26N4O2S/c31-25(27-16-21-11-7-15-33-21)20-10-6-14-29(18-20)24-26(32)30(17-19-8-2-1-3-9-19)23-13-5-4-12-22(23)28-24/h1-5,7-9,11-13,15,20H,6,10,14,16-18H2,(H,27,31). The summed E-state index contributed by atoms with van der Waals surface area (Å²) in [7, 11) is 0. The number of thiophene rings is 1. The van der Waals surface area contributed by atoms with Gasteiger partial charge in [-0.15, -0.1) is 11.3 Å². The first-order valence-electron chi connectivity index (χ1n) is 11.3. The number of benzene rings is 2. The van der Waals surface area contributed by atoms with Crippen molar-refractivity contribution in [3.63, 3.8) is 0 Å². The van der Waals surface area contributed by atoms with Crippen LogP contribution in [0.5, 0.6) is 0 Å². The third-order valence-corrected chi connectivity index (χ3v) is 7.00. The maximum atomic E-state index is 13.6. The summed E-state index contributed by atoms with van der Waals surface area (Å²) in [6, 6.07) is 21.7. The van der Waals surface area contributed by atoms with Gasteiger partial charge in [-0.2, -0.15) is 0 Å². The first-order valence-corrected chi connectivity index (χ1v) is 12.2. The highest BCUT2D eigenvalue weighted by atomic mass is 32.1. The molecule has 1 atom stereocenters. The van der Waals surface area contributed by atoms with Crippen LogP contribution in [0.4, 0.5) is 5.82 Å². The number of hydrogen-bond donors (Lipinski definition) is 1. The molecule has 1 aliphatic heterocycles. The van der Waals surface area contributed by atoms with E-state index < -0.39 is 0 Å². The number of amides is 1. The summed E-state index contributed by atoms with van der Waals surface area (Å²) in [5.74, 6) is 0.313. The van der Waals surface area contributed by atoms with E-state index in [4.69, 9.17) is 4.98 Å². The molecule has 1 N–H and O–H groups in total. The van der Waals surface area contributed by atoms with Crippen molar-refractivity contribution in [1.29, 1.82) is 0 Å². The van der Waals surface area contributed by atoms with E-state index in [1.54, 1.807) is 15.9 Å². The van der Waals surface area contributed by atoms with E-state index in [-0.39, 0.29) is 17.4 Å². The summed E-state index contributed by atoms with van der Waals surface area (Å²) in [5.41, 5.74) is 2.55. The summed E-state index contributed by atoms with van der Waals surface area (Å²) in [6.07, 6.45) is 1.67. The molecule has 6 nitrogen and oxygen atoms in total. The molecular weight excluding hydrogens is 432 g/mol. The van der Waals surface area contributed by atoms with E-state index in [9.17, 15) is 9.59 Å². The molecule has 168 valence electrons. The molecule has 2 aromatic carbocycles. The van der Waals surface area contributed by atoms with Crippen LogP contribution in [-0.2, 0) is 17.9 Å². The Hall–Kier alpha value is -3.45. The molecule has 4 aromatic rings. The summed E-state index contributed by atoms with van der Waals surface area (Å²) in [6.45, 7) is 2.25. The van der Waals surface area contributed by atoms with Crippen LogP contribution in [0, 0.1) is 5.92 Å². The van der Waals surface area contributed by atoms with Gasteiger partial charge in [0.05, 0.1) is 30.0 Å². The summed E-state index contributed by atoms with van der Waals surface area (Å²) < 4.78 is 1.80. The molecule has 7 heteroatoms. The highest BCUT2D eigenvalue weighted by Crippen LogP contribution is 2.22. The Morgan fingerprint density at radius 2 is 1.88 bits per heavy atom. The van der Waals surface area contributed by atoms with Gasteiger partial charge >= 0.3 is 0 Å². The van der Waals surface area contributed by atoms with Crippen LogP contribution in [0.3, 0.4) is 0 Å². The van der Waals surface area contributed by atoms with Gasteiger partial charge in [-0.3, -0.25) is 14.2 Å². The Balaban J connectivity index is 1.42. The number of nitrogens with zero attached hydrogens (tertiary/aromatic N) is 3. The number of nitrogens with one attached hydrogen (secondary N) is 1. The average molecular weight is 459 g/mol. The van der Waals surface area contributed by atoms with Gasteiger partial charge in [0.15, 0.2) is 5.82 Å². The Kier molecular flexibility index (Phi) is 6.21. The first kappa shape index (κ1) is 21.4.